The number of benzene rings is 1. The number of rotatable bonds is 21. The molecule has 11 N–H and O–H groups in total. The van der Waals surface area contributed by atoms with Crippen LogP contribution >= 0.6 is 25.3 Å². The fourth-order valence-corrected chi connectivity index (χ4v) is 5.64. The Morgan fingerprint density at radius 3 is 2.06 bits per heavy atom. The number of carbonyl (C=O) groups excluding carboxylic acids is 5. The number of hydrogen-bond acceptors (Lipinski definition) is 11. The molecular formula is C34H47N9O7S2. The molecule has 0 spiro atoms. The van der Waals surface area contributed by atoms with Crippen molar-refractivity contribution < 1.29 is 33.9 Å². The van der Waals surface area contributed by atoms with Gasteiger partial charge in [-0.15, -0.1) is 0 Å². The number of aromatic nitrogens is 2. The Labute approximate surface area is 312 Å². The van der Waals surface area contributed by atoms with Gasteiger partial charge in [0.05, 0.1) is 6.04 Å². The van der Waals surface area contributed by atoms with Crippen molar-refractivity contribution in [2.45, 2.75) is 75.3 Å². The molecule has 0 aliphatic carbocycles. The van der Waals surface area contributed by atoms with Gasteiger partial charge in [0.2, 0.25) is 29.5 Å². The molecule has 6 atom stereocenters. The number of para-hydroxylation sites is 1. The van der Waals surface area contributed by atoms with E-state index in [4.69, 9.17) is 11.5 Å². The minimum atomic E-state index is -1.29. The number of fused-ring (bicyclic) bond motifs is 1. The van der Waals surface area contributed by atoms with Crippen molar-refractivity contribution >= 4 is 71.7 Å². The van der Waals surface area contributed by atoms with E-state index in [9.17, 15) is 33.9 Å². The number of pyridine rings is 1. The summed E-state index contributed by atoms with van der Waals surface area (Å²) in [5.41, 5.74) is 13.7. The van der Waals surface area contributed by atoms with Gasteiger partial charge >= 0.3 is 5.97 Å². The zero-order chi connectivity index (χ0) is 38.2. The summed E-state index contributed by atoms with van der Waals surface area (Å²) >= 11 is 8.03. The number of amides is 5. The molecule has 0 unspecified atom stereocenters. The number of unbranched alkanes of at least 4 members (excludes halogenated alkanes) is 1. The van der Waals surface area contributed by atoms with Crippen LogP contribution in [0.4, 0.5) is 0 Å². The number of carboxylic acid groups (broad SMARTS) is 1. The molecule has 18 heteroatoms. The van der Waals surface area contributed by atoms with Crippen molar-refractivity contribution in [3.05, 3.63) is 66.1 Å². The summed E-state index contributed by atoms with van der Waals surface area (Å²) in [5.74, 6) is -4.89. The average Bonchev–Trinajstić information content (AvgIpc) is 3.54. The second-order valence-corrected chi connectivity index (χ2v) is 12.9. The molecule has 3 rings (SSSR count). The minimum Gasteiger partial charge on any atom is -0.480 e. The molecule has 1 aromatic carbocycles. The molecule has 0 saturated carbocycles. The number of aromatic amines is 1. The Hall–Kier alpha value is -4.65. The molecule has 0 radical (unpaired) electrons. The predicted octanol–water partition coefficient (Wildman–Crippen LogP) is -0.807. The molecule has 2 heterocycles. The topological polar surface area (TPSA) is 264 Å². The van der Waals surface area contributed by atoms with Gasteiger partial charge in [0.15, 0.2) is 0 Å². The van der Waals surface area contributed by atoms with Crippen LogP contribution in [0, 0.1) is 0 Å². The van der Waals surface area contributed by atoms with E-state index in [0.717, 1.165) is 10.9 Å². The number of carbonyl (C=O) groups is 6. The zero-order valence-electron chi connectivity index (χ0n) is 28.7. The molecule has 282 valence electrons. The van der Waals surface area contributed by atoms with E-state index in [1.807, 2.05) is 24.3 Å². The van der Waals surface area contributed by atoms with Crippen LogP contribution in [0.25, 0.3) is 10.9 Å². The molecule has 16 nitrogen and oxygen atoms in total. The van der Waals surface area contributed by atoms with Crippen LogP contribution in [-0.2, 0) is 41.6 Å². The van der Waals surface area contributed by atoms with Gasteiger partial charge in [-0.05, 0) is 56.0 Å². The summed E-state index contributed by atoms with van der Waals surface area (Å²) < 4.78 is 0. The Bertz CT molecular complexity index is 1680. The second kappa shape index (κ2) is 21.0. The highest BCUT2D eigenvalue weighted by Crippen LogP contribution is 2.19. The first kappa shape index (κ1) is 41.8. The van der Waals surface area contributed by atoms with Crippen molar-refractivity contribution in [3.8, 4) is 0 Å². The molecule has 0 aliphatic heterocycles. The quantitative estimate of drug-likeness (QED) is 0.0476. The van der Waals surface area contributed by atoms with E-state index in [0.29, 0.717) is 30.5 Å². The van der Waals surface area contributed by atoms with E-state index in [1.165, 1.54) is 6.92 Å². The number of carboxylic acids is 1. The lowest BCUT2D eigenvalue weighted by Crippen LogP contribution is -2.59. The highest BCUT2D eigenvalue weighted by molar-refractivity contribution is 7.80. The summed E-state index contributed by atoms with van der Waals surface area (Å²) in [6, 6.07) is 3.84. The molecule has 3 aromatic rings. The average molecular weight is 758 g/mol. The first-order valence-corrected chi connectivity index (χ1v) is 18.0. The third-order valence-corrected chi connectivity index (χ3v) is 8.95. The van der Waals surface area contributed by atoms with Crippen LogP contribution in [0.5, 0.6) is 0 Å². The largest absolute Gasteiger partial charge is 0.480 e. The lowest BCUT2D eigenvalue weighted by Gasteiger charge is -2.26. The van der Waals surface area contributed by atoms with Gasteiger partial charge in [-0.3, -0.25) is 29.0 Å². The third kappa shape index (κ3) is 12.5. The van der Waals surface area contributed by atoms with Crippen molar-refractivity contribution in [1.29, 1.82) is 0 Å². The molecule has 0 saturated heterocycles. The minimum absolute atomic E-state index is 0.00154. The maximum Gasteiger partial charge on any atom is 0.327 e. The lowest BCUT2D eigenvalue weighted by atomic mass is 10.0. The number of nitrogens with zero attached hydrogens (tertiary/aromatic N) is 1. The Balaban J connectivity index is 1.90. The highest BCUT2D eigenvalue weighted by Gasteiger charge is 2.32. The monoisotopic (exact) mass is 757 g/mol. The normalized spacial score (nSPS) is 14.6. The van der Waals surface area contributed by atoms with E-state index in [1.54, 1.807) is 30.7 Å². The Morgan fingerprint density at radius 1 is 0.788 bits per heavy atom. The smallest absolute Gasteiger partial charge is 0.327 e. The Kier molecular flexibility index (Phi) is 16.9. The van der Waals surface area contributed by atoms with Crippen LogP contribution in [0.15, 0.2) is 55.0 Å². The number of nitrogens with two attached hydrogens (primary N) is 2. The van der Waals surface area contributed by atoms with Crippen LogP contribution < -0.4 is 38.1 Å². The van der Waals surface area contributed by atoms with Gasteiger partial charge in [0.25, 0.3) is 0 Å². The first-order valence-electron chi connectivity index (χ1n) is 16.7. The van der Waals surface area contributed by atoms with Crippen LogP contribution in [0.1, 0.15) is 37.3 Å². The van der Waals surface area contributed by atoms with Crippen LogP contribution in [-0.4, -0.2) is 105 Å². The molecule has 0 aliphatic rings. The molecule has 0 bridgehead atoms. The van der Waals surface area contributed by atoms with Gasteiger partial charge in [0.1, 0.15) is 30.2 Å². The van der Waals surface area contributed by atoms with E-state index >= 15 is 0 Å². The number of H-pyrrole nitrogens is 1. The second-order valence-electron chi connectivity index (χ2n) is 12.2. The van der Waals surface area contributed by atoms with Gasteiger partial charge in [-0.1, -0.05) is 24.3 Å². The van der Waals surface area contributed by atoms with E-state index in [-0.39, 0.29) is 30.8 Å². The summed E-state index contributed by atoms with van der Waals surface area (Å²) in [4.78, 5) is 85.6. The van der Waals surface area contributed by atoms with Crippen LogP contribution in [0.2, 0.25) is 0 Å². The Morgan fingerprint density at radius 2 is 1.42 bits per heavy atom. The maximum atomic E-state index is 14.1. The zero-order valence-corrected chi connectivity index (χ0v) is 30.5. The summed E-state index contributed by atoms with van der Waals surface area (Å²) in [6.45, 7) is 1.71. The highest BCUT2D eigenvalue weighted by atomic mass is 32.1. The first-order chi connectivity index (χ1) is 24.9. The number of aliphatic carboxylic acids is 1. The molecular weight excluding hydrogens is 711 g/mol. The van der Waals surface area contributed by atoms with Crippen molar-refractivity contribution in [2.75, 3.05) is 18.1 Å². The SMILES string of the molecule is C[C@H](NC(=O)[C@H](CCCCN)NC(=O)[C@@H](Cc1c[nH]c2ccccc12)NC(=O)[C@H](Cc1cccnc1)NC(=O)[C@H](N)CS)C(=O)N[C@@H](CS)C(=O)O. The van der Waals surface area contributed by atoms with Gasteiger partial charge < -0.3 is 48.1 Å². The summed E-state index contributed by atoms with van der Waals surface area (Å²) in [5, 5.41) is 23.1. The fraction of sp³-hybridized carbons (Fsp3) is 0.441. The van der Waals surface area contributed by atoms with Crippen molar-refractivity contribution in [3.63, 3.8) is 0 Å². The summed E-state index contributed by atoms with van der Waals surface area (Å²) in [6.07, 6.45) is 6.00. The van der Waals surface area contributed by atoms with E-state index < -0.39 is 71.8 Å². The molecule has 52 heavy (non-hydrogen) atoms. The van der Waals surface area contributed by atoms with Crippen molar-refractivity contribution in [1.82, 2.24) is 36.6 Å². The molecule has 0 fully saturated rings. The predicted molar refractivity (Wildman–Crippen MR) is 201 cm³/mol. The van der Waals surface area contributed by atoms with Crippen LogP contribution in [0.3, 0.4) is 0 Å². The standard InChI is InChI=1S/C34H47N9O7S2/c1-19(29(44)43-28(18-52)34(49)50)39-31(46)25(10-4-5-11-35)40-33(48)27(14-21-16-38-24-9-3-2-8-22(21)24)42-32(47)26(41-30(45)23(36)17-51)13-20-7-6-12-37-15-20/h2-3,6-9,12,15-16,19,23,25-28,38,51-52H,4-5,10-11,13-14,17-18,35-36H2,1H3,(H,39,46)(H,40,48)(H,41,45)(H,42,47)(H,43,44)(H,49,50)/t19-,23+,25-,26-,27+,28-/m0/s1. The van der Waals surface area contributed by atoms with E-state index in [2.05, 4.69) is 61.8 Å². The van der Waals surface area contributed by atoms with Crippen molar-refractivity contribution in [2.24, 2.45) is 11.5 Å². The fourth-order valence-electron chi connectivity index (χ4n) is 5.22. The molecule has 2 aromatic heterocycles. The van der Waals surface area contributed by atoms with Gasteiger partial charge in [-0.2, -0.15) is 25.3 Å². The third-order valence-electron chi connectivity index (χ3n) is 8.19. The number of nitrogens with one attached hydrogen (secondary N) is 6. The summed E-state index contributed by atoms with van der Waals surface area (Å²) in [7, 11) is 0. The molecule has 5 amide bonds. The number of hydrogen-bond donors (Lipinski definition) is 11. The maximum absolute atomic E-state index is 14.1. The number of thiol groups is 2. The lowest BCUT2D eigenvalue weighted by molar-refractivity contribution is -0.141. The van der Waals surface area contributed by atoms with Gasteiger partial charge in [0, 0.05) is 53.8 Å². The van der Waals surface area contributed by atoms with Gasteiger partial charge in [-0.25, -0.2) is 4.79 Å².